The van der Waals surface area contributed by atoms with E-state index in [4.69, 9.17) is 0 Å². The van der Waals surface area contributed by atoms with Gasteiger partial charge in [0, 0.05) is 11.9 Å². The Bertz CT molecular complexity index is 467. The number of aromatic nitrogens is 1. The van der Waals surface area contributed by atoms with Crippen LogP contribution in [0.5, 0.6) is 0 Å². The molecule has 0 atom stereocenters. The van der Waals surface area contributed by atoms with Gasteiger partial charge in [0.15, 0.2) is 5.82 Å². The Hall–Kier alpha value is -2.03. The summed E-state index contributed by atoms with van der Waals surface area (Å²) < 4.78 is 0. The molecule has 3 rings (SSSR count). The predicted molar refractivity (Wildman–Crippen MR) is 61.3 cm³/mol. The molecule has 0 saturated carbocycles. The van der Waals surface area contributed by atoms with Gasteiger partial charge in [-0.1, -0.05) is 18.2 Å². The SMILES string of the molecule is c1ccc(N2CNc3cccnc32)cc1. The quantitative estimate of drug-likeness (QED) is 0.761. The molecule has 0 saturated heterocycles. The first-order chi connectivity index (χ1) is 7.45. The highest BCUT2D eigenvalue weighted by atomic mass is 15.3. The van der Waals surface area contributed by atoms with Gasteiger partial charge in [0.25, 0.3) is 0 Å². The highest BCUT2D eigenvalue weighted by Crippen LogP contribution is 2.33. The van der Waals surface area contributed by atoms with Gasteiger partial charge in [-0.05, 0) is 24.3 Å². The van der Waals surface area contributed by atoms with Crippen molar-refractivity contribution >= 4 is 17.2 Å². The average Bonchev–Trinajstić information content (AvgIpc) is 2.74. The second kappa shape index (κ2) is 3.28. The van der Waals surface area contributed by atoms with Crippen LogP contribution in [0.2, 0.25) is 0 Å². The molecule has 2 aromatic rings. The summed E-state index contributed by atoms with van der Waals surface area (Å²) in [5.74, 6) is 1.00. The van der Waals surface area contributed by atoms with Gasteiger partial charge in [0.05, 0.1) is 12.4 Å². The third-order valence-corrected chi connectivity index (χ3v) is 2.54. The van der Waals surface area contributed by atoms with Gasteiger partial charge >= 0.3 is 0 Å². The Balaban J connectivity index is 2.05. The molecule has 0 spiro atoms. The molecule has 1 aromatic heterocycles. The van der Waals surface area contributed by atoms with Gasteiger partial charge in [-0.25, -0.2) is 4.98 Å². The number of pyridine rings is 1. The summed E-state index contributed by atoms with van der Waals surface area (Å²) in [5, 5.41) is 3.31. The molecule has 1 N–H and O–H groups in total. The fourth-order valence-corrected chi connectivity index (χ4v) is 1.81. The minimum absolute atomic E-state index is 0.788. The molecule has 0 amide bonds. The van der Waals surface area contributed by atoms with Crippen molar-refractivity contribution in [2.45, 2.75) is 0 Å². The van der Waals surface area contributed by atoms with Crippen LogP contribution in [0.1, 0.15) is 0 Å². The van der Waals surface area contributed by atoms with Crippen LogP contribution in [0.15, 0.2) is 48.7 Å². The van der Waals surface area contributed by atoms with Crippen LogP contribution in [0.25, 0.3) is 0 Å². The maximum Gasteiger partial charge on any atom is 0.157 e. The first kappa shape index (κ1) is 8.29. The largest absolute Gasteiger partial charge is 0.364 e. The monoisotopic (exact) mass is 197 g/mol. The molecule has 0 aliphatic carbocycles. The number of hydrogen-bond donors (Lipinski definition) is 1. The molecular weight excluding hydrogens is 186 g/mol. The number of para-hydroxylation sites is 1. The maximum atomic E-state index is 4.38. The second-order valence-corrected chi connectivity index (χ2v) is 3.47. The number of benzene rings is 1. The number of nitrogens with one attached hydrogen (secondary N) is 1. The number of anilines is 3. The predicted octanol–water partition coefficient (Wildman–Crippen LogP) is 2.60. The van der Waals surface area contributed by atoms with Crippen LogP contribution in [-0.4, -0.2) is 11.7 Å². The fourth-order valence-electron chi connectivity index (χ4n) is 1.81. The average molecular weight is 197 g/mol. The number of fused-ring (bicyclic) bond motifs is 1. The van der Waals surface area contributed by atoms with Gasteiger partial charge in [-0.3, -0.25) is 0 Å². The smallest absolute Gasteiger partial charge is 0.157 e. The molecule has 0 fully saturated rings. The van der Waals surface area contributed by atoms with Gasteiger partial charge < -0.3 is 10.2 Å². The summed E-state index contributed by atoms with van der Waals surface area (Å²) in [6.07, 6.45) is 1.82. The Labute approximate surface area is 88.4 Å². The lowest BCUT2D eigenvalue weighted by Gasteiger charge is -2.16. The van der Waals surface area contributed by atoms with E-state index in [-0.39, 0.29) is 0 Å². The minimum atomic E-state index is 0.788. The number of nitrogens with zero attached hydrogens (tertiary/aromatic N) is 2. The molecule has 0 unspecified atom stereocenters. The molecule has 0 radical (unpaired) electrons. The molecule has 3 nitrogen and oxygen atoms in total. The van der Waals surface area contributed by atoms with E-state index < -0.39 is 0 Å². The first-order valence-corrected chi connectivity index (χ1v) is 4.96. The van der Waals surface area contributed by atoms with E-state index in [2.05, 4.69) is 27.3 Å². The summed E-state index contributed by atoms with van der Waals surface area (Å²) in [6.45, 7) is 0.788. The zero-order valence-corrected chi connectivity index (χ0v) is 8.22. The third-order valence-electron chi connectivity index (χ3n) is 2.54. The zero-order valence-electron chi connectivity index (χ0n) is 8.22. The molecular formula is C12H11N3. The van der Waals surface area contributed by atoms with Crippen LogP contribution in [0.3, 0.4) is 0 Å². The van der Waals surface area contributed by atoms with Crippen LogP contribution < -0.4 is 10.2 Å². The fraction of sp³-hybridized carbons (Fsp3) is 0.0833. The maximum absolute atomic E-state index is 4.38. The summed E-state index contributed by atoms with van der Waals surface area (Å²) >= 11 is 0. The van der Waals surface area contributed by atoms with E-state index >= 15 is 0 Å². The van der Waals surface area contributed by atoms with Crippen LogP contribution in [-0.2, 0) is 0 Å². The van der Waals surface area contributed by atoms with Crippen molar-refractivity contribution in [3.8, 4) is 0 Å². The van der Waals surface area contributed by atoms with Crippen LogP contribution >= 0.6 is 0 Å². The van der Waals surface area contributed by atoms with Crippen molar-refractivity contribution in [3.63, 3.8) is 0 Å². The van der Waals surface area contributed by atoms with Gasteiger partial charge in [0.2, 0.25) is 0 Å². The van der Waals surface area contributed by atoms with E-state index in [0.29, 0.717) is 0 Å². The van der Waals surface area contributed by atoms with Crippen molar-refractivity contribution in [1.29, 1.82) is 0 Å². The van der Waals surface area contributed by atoms with Gasteiger partial charge in [0.1, 0.15) is 0 Å². The molecule has 74 valence electrons. The lowest BCUT2D eigenvalue weighted by atomic mass is 10.3. The third kappa shape index (κ3) is 1.32. The topological polar surface area (TPSA) is 28.2 Å². The molecule has 3 heteroatoms. The number of rotatable bonds is 1. The van der Waals surface area contributed by atoms with Crippen molar-refractivity contribution in [2.24, 2.45) is 0 Å². The minimum Gasteiger partial charge on any atom is -0.364 e. The molecule has 2 heterocycles. The Morgan fingerprint density at radius 1 is 1.07 bits per heavy atom. The van der Waals surface area contributed by atoms with Gasteiger partial charge in [-0.2, -0.15) is 0 Å². The standard InChI is InChI=1S/C12H11N3/c1-2-5-10(6-3-1)15-9-14-11-7-4-8-13-12(11)15/h1-8,14H,9H2. The van der Waals surface area contributed by atoms with Crippen molar-refractivity contribution in [2.75, 3.05) is 16.9 Å². The molecule has 1 aliphatic rings. The highest BCUT2D eigenvalue weighted by molar-refractivity contribution is 5.77. The zero-order chi connectivity index (χ0) is 10.1. The van der Waals surface area contributed by atoms with E-state index in [9.17, 15) is 0 Å². The molecule has 15 heavy (non-hydrogen) atoms. The van der Waals surface area contributed by atoms with Crippen molar-refractivity contribution < 1.29 is 0 Å². The summed E-state index contributed by atoms with van der Waals surface area (Å²) in [7, 11) is 0. The second-order valence-electron chi connectivity index (χ2n) is 3.47. The number of hydrogen-bond acceptors (Lipinski definition) is 3. The van der Waals surface area contributed by atoms with E-state index in [0.717, 1.165) is 18.2 Å². The van der Waals surface area contributed by atoms with Crippen molar-refractivity contribution in [1.82, 2.24) is 4.98 Å². The van der Waals surface area contributed by atoms with Crippen LogP contribution in [0.4, 0.5) is 17.2 Å². The van der Waals surface area contributed by atoms with Crippen molar-refractivity contribution in [3.05, 3.63) is 48.7 Å². The first-order valence-electron chi connectivity index (χ1n) is 4.96. The Morgan fingerprint density at radius 2 is 1.93 bits per heavy atom. The molecule has 0 bridgehead atoms. The summed E-state index contributed by atoms with van der Waals surface area (Å²) in [4.78, 5) is 6.54. The Kier molecular flexibility index (Phi) is 1.81. The van der Waals surface area contributed by atoms with E-state index in [1.54, 1.807) is 0 Å². The lowest BCUT2D eigenvalue weighted by molar-refractivity contribution is 1.07. The summed E-state index contributed by atoms with van der Waals surface area (Å²) in [5.41, 5.74) is 2.27. The van der Waals surface area contributed by atoms with E-state index in [1.165, 1.54) is 5.69 Å². The van der Waals surface area contributed by atoms with Crippen LogP contribution in [0, 0.1) is 0 Å². The Morgan fingerprint density at radius 3 is 2.80 bits per heavy atom. The molecule has 1 aliphatic heterocycles. The van der Waals surface area contributed by atoms with Gasteiger partial charge in [-0.15, -0.1) is 0 Å². The molecule has 1 aromatic carbocycles. The lowest BCUT2D eigenvalue weighted by Crippen LogP contribution is -2.16. The van der Waals surface area contributed by atoms with E-state index in [1.807, 2.05) is 36.5 Å². The normalized spacial score (nSPS) is 13.5. The summed E-state index contributed by atoms with van der Waals surface area (Å²) in [6, 6.07) is 14.3. The highest BCUT2D eigenvalue weighted by Gasteiger charge is 2.19.